The smallest absolute Gasteiger partial charge is 0.133 e. The van der Waals surface area contributed by atoms with Gasteiger partial charge in [0.05, 0.1) is 11.6 Å². The molecule has 104 valence electrons. The van der Waals surface area contributed by atoms with Gasteiger partial charge in [0.1, 0.15) is 5.75 Å². The summed E-state index contributed by atoms with van der Waals surface area (Å²) in [4.78, 5) is 2.39. The lowest BCUT2D eigenvalue weighted by molar-refractivity contribution is 0.412. The Morgan fingerprint density at radius 3 is 2.85 bits per heavy atom. The van der Waals surface area contributed by atoms with Gasteiger partial charge in [-0.1, -0.05) is 6.07 Å². The minimum absolute atomic E-state index is 0.845. The number of anilines is 2. The first kappa shape index (κ1) is 13.3. The van der Waals surface area contributed by atoms with Crippen LogP contribution in [-0.4, -0.2) is 13.7 Å². The highest BCUT2D eigenvalue weighted by Gasteiger charge is 2.19. The van der Waals surface area contributed by atoms with Crippen molar-refractivity contribution in [2.24, 2.45) is 0 Å². The molecule has 0 amide bonds. The third kappa shape index (κ3) is 2.48. The molecule has 2 N–H and O–H groups in total. The van der Waals surface area contributed by atoms with Gasteiger partial charge in [-0.15, -0.1) is 0 Å². The fourth-order valence-corrected chi connectivity index (χ4v) is 3.27. The zero-order valence-electron chi connectivity index (χ0n) is 11.4. The van der Waals surface area contributed by atoms with Crippen molar-refractivity contribution in [3.05, 3.63) is 52.0 Å². The highest BCUT2D eigenvalue weighted by Crippen LogP contribution is 2.32. The number of methoxy groups -OCH3 is 1. The highest BCUT2D eigenvalue weighted by molar-refractivity contribution is 9.10. The van der Waals surface area contributed by atoms with E-state index in [-0.39, 0.29) is 0 Å². The number of nitrogen functional groups attached to an aromatic ring is 1. The van der Waals surface area contributed by atoms with E-state index in [1.807, 2.05) is 12.1 Å². The van der Waals surface area contributed by atoms with Crippen LogP contribution in [0.4, 0.5) is 11.4 Å². The van der Waals surface area contributed by atoms with E-state index in [4.69, 9.17) is 10.5 Å². The van der Waals surface area contributed by atoms with Crippen LogP contribution in [0.1, 0.15) is 11.1 Å². The van der Waals surface area contributed by atoms with E-state index in [2.05, 4.69) is 45.1 Å². The average molecular weight is 333 g/mol. The third-order valence-electron chi connectivity index (χ3n) is 3.68. The number of rotatable bonds is 3. The summed E-state index contributed by atoms with van der Waals surface area (Å²) in [6.07, 6.45) is 1.07. The lowest BCUT2D eigenvalue weighted by Crippen LogP contribution is -2.19. The molecule has 20 heavy (non-hydrogen) atoms. The lowest BCUT2D eigenvalue weighted by Gasteiger charge is -2.20. The van der Waals surface area contributed by atoms with Gasteiger partial charge in [0.2, 0.25) is 0 Å². The SMILES string of the molecule is COc1ccc(CN2CCc3cc(N)ccc32)cc1Br. The molecule has 2 aromatic rings. The molecule has 0 radical (unpaired) electrons. The van der Waals surface area contributed by atoms with Crippen LogP contribution in [0.3, 0.4) is 0 Å². The molecule has 1 aliphatic heterocycles. The summed E-state index contributed by atoms with van der Waals surface area (Å²) in [6, 6.07) is 12.4. The number of benzene rings is 2. The molecule has 0 saturated carbocycles. The minimum atomic E-state index is 0.845. The summed E-state index contributed by atoms with van der Waals surface area (Å²) in [5.41, 5.74) is 10.6. The summed E-state index contributed by atoms with van der Waals surface area (Å²) in [5, 5.41) is 0. The van der Waals surface area contributed by atoms with Gasteiger partial charge in [-0.2, -0.15) is 0 Å². The van der Waals surface area contributed by atoms with Crippen LogP contribution in [0.5, 0.6) is 5.75 Å². The van der Waals surface area contributed by atoms with Crippen molar-refractivity contribution in [1.29, 1.82) is 0 Å². The fraction of sp³-hybridized carbons (Fsp3) is 0.250. The molecule has 0 fully saturated rings. The summed E-state index contributed by atoms with van der Waals surface area (Å²) < 4.78 is 6.26. The highest BCUT2D eigenvalue weighted by atomic mass is 79.9. The second-order valence-electron chi connectivity index (χ2n) is 5.03. The molecule has 0 atom stereocenters. The van der Waals surface area contributed by atoms with E-state index in [0.717, 1.165) is 35.4 Å². The zero-order valence-corrected chi connectivity index (χ0v) is 13.0. The van der Waals surface area contributed by atoms with Crippen molar-refractivity contribution in [3.8, 4) is 5.75 Å². The summed E-state index contributed by atoms with van der Waals surface area (Å²) >= 11 is 3.54. The van der Waals surface area contributed by atoms with Gasteiger partial charge in [0, 0.05) is 24.5 Å². The molecule has 0 unspecified atom stereocenters. The molecular weight excluding hydrogens is 316 g/mol. The van der Waals surface area contributed by atoms with Gasteiger partial charge in [0.15, 0.2) is 0 Å². The second kappa shape index (κ2) is 5.37. The Bertz CT molecular complexity index is 642. The van der Waals surface area contributed by atoms with Gasteiger partial charge in [-0.3, -0.25) is 0 Å². The molecule has 2 aromatic carbocycles. The standard InChI is InChI=1S/C16H17BrN2O/c1-20-16-5-2-11(8-14(16)17)10-19-7-6-12-9-13(18)3-4-15(12)19/h2-5,8-9H,6-7,10,18H2,1H3. The van der Waals surface area contributed by atoms with Gasteiger partial charge in [-0.25, -0.2) is 0 Å². The van der Waals surface area contributed by atoms with Crippen molar-refractivity contribution in [3.63, 3.8) is 0 Å². The number of hydrogen-bond acceptors (Lipinski definition) is 3. The van der Waals surface area contributed by atoms with Crippen molar-refractivity contribution in [1.82, 2.24) is 0 Å². The Morgan fingerprint density at radius 1 is 1.25 bits per heavy atom. The first-order valence-corrected chi connectivity index (χ1v) is 7.42. The summed E-state index contributed by atoms with van der Waals surface area (Å²) in [7, 11) is 1.68. The maximum atomic E-state index is 5.84. The van der Waals surface area contributed by atoms with E-state index in [0.29, 0.717) is 0 Å². The zero-order chi connectivity index (χ0) is 14.1. The lowest BCUT2D eigenvalue weighted by atomic mass is 10.1. The van der Waals surface area contributed by atoms with Crippen LogP contribution in [-0.2, 0) is 13.0 Å². The van der Waals surface area contributed by atoms with E-state index in [1.54, 1.807) is 7.11 Å². The molecule has 3 nitrogen and oxygen atoms in total. The molecule has 0 bridgehead atoms. The first-order chi connectivity index (χ1) is 9.67. The van der Waals surface area contributed by atoms with Crippen LogP contribution in [0.2, 0.25) is 0 Å². The maximum absolute atomic E-state index is 5.84. The molecule has 0 spiro atoms. The van der Waals surface area contributed by atoms with Crippen molar-refractivity contribution in [2.45, 2.75) is 13.0 Å². The van der Waals surface area contributed by atoms with Gasteiger partial charge < -0.3 is 15.4 Å². The maximum Gasteiger partial charge on any atom is 0.133 e. The van der Waals surface area contributed by atoms with E-state index in [1.165, 1.54) is 16.8 Å². The molecule has 3 rings (SSSR count). The molecule has 1 aliphatic rings. The van der Waals surface area contributed by atoms with E-state index in [9.17, 15) is 0 Å². The Hall–Kier alpha value is -1.68. The van der Waals surface area contributed by atoms with Gasteiger partial charge in [0.25, 0.3) is 0 Å². The molecule has 0 aromatic heterocycles. The molecule has 0 saturated heterocycles. The number of ether oxygens (including phenoxy) is 1. The van der Waals surface area contributed by atoms with Crippen LogP contribution in [0.15, 0.2) is 40.9 Å². The number of halogens is 1. The topological polar surface area (TPSA) is 38.5 Å². The number of nitrogens with two attached hydrogens (primary N) is 1. The number of hydrogen-bond donors (Lipinski definition) is 1. The van der Waals surface area contributed by atoms with Crippen LogP contribution >= 0.6 is 15.9 Å². The molecule has 1 heterocycles. The fourth-order valence-electron chi connectivity index (χ4n) is 2.68. The van der Waals surface area contributed by atoms with E-state index >= 15 is 0 Å². The molecule has 0 aliphatic carbocycles. The van der Waals surface area contributed by atoms with Gasteiger partial charge in [-0.05, 0) is 63.8 Å². The van der Waals surface area contributed by atoms with Crippen molar-refractivity contribution >= 4 is 27.3 Å². The Labute approximate surface area is 127 Å². The van der Waals surface area contributed by atoms with Crippen molar-refractivity contribution < 1.29 is 4.74 Å². The van der Waals surface area contributed by atoms with Crippen LogP contribution in [0, 0.1) is 0 Å². The number of fused-ring (bicyclic) bond motifs is 1. The minimum Gasteiger partial charge on any atom is -0.496 e. The molecule has 4 heteroatoms. The monoisotopic (exact) mass is 332 g/mol. The molecular formula is C16H17BrN2O. The van der Waals surface area contributed by atoms with Gasteiger partial charge >= 0.3 is 0 Å². The second-order valence-corrected chi connectivity index (χ2v) is 5.88. The normalized spacial score (nSPS) is 13.4. The predicted molar refractivity (Wildman–Crippen MR) is 86.3 cm³/mol. The third-order valence-corrected chi connectivity index (χ3v) is 4.30. The Kier molecular flexibility index (Phi) is 3.57. The van der Waals surface area contributed by atoms with Crippen LogP contribution < -0.4 is 15.4 Å². The summed E-state index contributed by atoms with van der Waals surface area (Å²) in [6.45, 7) is 1.95. The summed E-state index contributed by atoms with van der Waals surface area (Å²) in [5.74, 6) is 0.864. The van der Waals surface area contributed by atoms with Crippen LogP contribution in [0.25, 0.3) is 0 Å². The largest absolute Gasteiger partial charge is 0.496 e. The Balaban J connectivity index is 1.82. The van der Waals surface area contributed by atoms with Crippen molar-refractivity contribution in [2.75, 3.05) is 24.3 Å². The van der Waals surface area contributed by atoms with E-state index < -0.39 is 0 Å². The average Bonchev–Trinajstić information content (AvgIpc) is 2.81. The predicted octanol–water partition coefficient (Wildman–Crippen LogP) is 3.60. The quantitative estimate of drug-likeness (QED) is 0.872. The first-order valence-electron chi connectivity index (χ1n) is 6.63. The number of nitrogens with zero attached hydrogens (tertiary/aromatic N) is 1. The Morgan fingerprint density at radius 2 is 2.10 bits per heavy atom.